The zero-order valence-electron chi connectivity index (χ0n) is 9.79. The van der Waals surface area contributed by atoms with E-state index < -0.39 is 0 Å². The molecule has 0 aliphatic carbocycles. The third-order valence-electron chi connectivity index (χ3n) is 2.97. The SMILES string of the molecule is CCC(C)C(C)NCc1ccc(CO)o1. The van der Waals surface area contributed by atoms with Gasteiger partial charge in [0.25, 0.3) is 0 Å². The van der Waals surface area contributed by atoms with Gasteiger partial charge in [0, 0.05) is 6.04 Å². The Bertz CT molecular complexity index is 283. The Morgan fingerprint density at radius 1 is 1.33 bits per heavy atom. The van der Waals surface area contributed by atoms with Gasteiger partial charge in [0.1, 0.15) is 18.1 Å². The predicted octanol–water partition coefficient (Wildman–Crippen LogP) is 2.30. The lowest BCUT2D eigenvalue weighted by molar-refractivity contribution is 0.241. The normalized spacial score (nSPS) is 15.2. The lowest BCUT2D eigenvalue weighted by Crippen LogP contribution is -2.31. The Morgan fingerprint density at radius 2 is 2.00 bits per heavy atom. The first kappa shape index (κ1) is 12.3. The molecular formula is C12H21NO2. The molecule has 1 heterocycles. The second kappa shape index (κ2) is 5.93. The van der Waals surface area contributed by atoms with Crippen LogP contribution in [0.2, 0.25) is 0 Å². The summed E-state index contributed by atoms with van der Waals surface area (Å²) in [7, 11) is 0. The topological polar surface area (TPSA) is 45.4 Å². The van der Waals surface area contributed by atoms with Crippen molar-refractivity contribution in [2.75, 3.05) is 0 Å². The van der Waals surface area contributed by atoms with Crippen molar-refractivity contribution in [2.45, 2.75) is 46.4 Å². The molecule has 0 aliphatic rings. The highest BCUT2D eigenvalue weighted by Crippen LogP contribution is 2.10. The quantitative estimate of drug-likeness (QED) is 0.759. The van der Waals surface area contributed by atoms with E-state index in [-0.39, 0.29) is 6.61 Å². The van der Waals surface area contributed by atoms with Crippen molar-refractivity contribution >= 4 is 0 Å². The summed E-state index contributed by atoms with van der Waals surface area (Å²) in [5.74, 6) is 2.18. The number of furan rings is 1. The summed E-state index contributed by atoms with van der Waals surface area (Å²) in [6.07, 6.45) is 1.17. The highest BCUT2D eigenvalue weighted by molar-refractivity contribution is 5.06. The highest BCUT2D eigenvalue weighted by atomic mass is 16.4. The molecule has 3 heteroatoms. The molecule has 2 unspecified atom stereocenters. The van der Waals surface area contributed by atoms with Crippen LogP contribution < -0.4 is 5.32 Å². The molecule has 0 radical (unpaired) electrons. The maximum Gasteiger partial charge on any atom is 0.129 e. The predicted molar refractivity (Wildman–Crippen MR) is 60.4 cm³/mol. The van der Waals surface area contributed by atoms with Gasteiger partial charge in [-0.05, 0) is 25.0 Å². The third kappa shape index (κ3) is 3.68. The average Bonchev–Trinajstić information content (AvgIpc) is 2.72. The van der Waals surface area contributed by atoms with Crippen LogP contribution in [0, 0.1) is 5.92 Å². The van der Waals surface area contributed by atoms with Crippen LogP contribution in [0.4, 0.5) is 0 Å². The average molecular weight is 211 g/mol. The number of rotatable bonds is 6. The molecule has 0 spiro atoms. The van der Waals surface area contributed by atoms with E-state index in [1.807, 2.05) is 12.1 Å². The summed E-state index contributed by atoms with van der Waals surface area (Å²) in [4.78, 5) is 0. The second-order valence-electron chi connectivity index (χ2n) is 4.08. The van der Waals surface area contributed by atoms with Gasteiger partial charge in [-0.3, -0.25) is 0 Å². The number of aliphatic hydroxyl groups is 1. The van der Waals surface area contributed by atoms with Crippen molar-refractivity contribution in [1.29, 1.82) is 0 Å². The maximum atomic E-state index is 8.84. The van der Waals surface area contributed by atoms with Gasteiger partial charge >= 0.3 is 0 Å². The van der Waals surface area contributed by atoms with Gasteiger partial charge in [0.2, 0.25) is 0 Å². The Hall–Kier alpha value is -0.800. The molecule has 0 aromatic carbocycles. The minimum Gasteiger partial charge on any atom is -0.462 e. The molecular weight excluding hydrogens is 190 g/mol. The molecule has 0 amide bonds. The first-order chi connectivity index (χ1) is 7.17. The summed E-state index contributed by atoms with van der Waals surface area (Å²) in [5.41, 5.74) is 0. The van der Waals surface area contributed by atoms with Crippen molar-refractivity contribution in [3.63, 3.8) is 0 Å². The molecule has 1 aromatic rings. The largest absolute Gasteiger partial charge is 0.462 e. The fourth-order valence-electron chi connectivity index (χ4n) is 1.42. The number of hydrogen-bond donors (Lipinski definition) is 2. The zero-order chi connectivity index (χ0) is 11.3. The molecule has 86 valence electrons. The zero-order valence-corrected chi connectivity index (χ0v) is 9.79. The van der Waals surface area contributed by atoms with Crippen LogP contribution in [-0.2, 0) is 13.2 Å². The lowest BCUT2D eigenvalue weighted by atomic mass is 10.0. The summed E-state index contributed by atoms with van der Waals surface area (Å²) < 4.78 is 5.38. The Morgan fingerprint density at radius 3 is 2.53 bits per heavy atom. The molecule has 1 aromatic heterocycles. The molecule has 1 rings (SSSR count). The van der Waals surface area contributed by atoms with Crippen molar-refractivity contribution in [3.8, 4) is 0 Å². The second-order valence-corrected chi connectivity index (χ2v) is 4.08. The molecule has 2 atom stereocenters. The van der Waals surface area contributed by atoms with Crippen LogP contribution >= 0.6 is 0 Å². The maximum absolute atomic E-state index is 8.84. The van der Waals surface area contributed by atoms with E-state index in [1.165, 1.54) is 6.42 Å². The van der Waals surface area contributed by atoms with Crippen LogP contribution in [0.25, 0.3) is 0 Å². The Kier molecular flexibility index (Phi) is 4.85. The van der Waals surface area contributed by atoms with Gasteiger partial charge < -0.3 is 14.8 Å². The molecule has 0 saturated carbocycles. The van der Waals surface area contributed by atoms with Crippen LogP contribution in [0.1, 0.15) is 38.7 Å². The summed E-state index contributed by atoms with van der Waals surface area (Å²) in [6.45, 7) is 7.31. The molecule has 0 saturated heterocycles. The van der Waals surface area contributed by atoms with E-state index in [1.54, 1.807) is 0 Å². The number of nitrogens with one attached hydrogen (secondary N) is 1. The van der Waals surface area contributed by atoms with Gasteiger partial charge in [-0.1, -0.05) is 20.3 Å². The van der Waals surface area contributed by atoms with E-state index in [0.717, 1.165) is 12.3 Å². The van der Waals surface area contributed by atoms with Crippen LogP contribution in [0.3, 0.4) is 0 Å². The smallest absolute Gasteiger partial charge is 0.129 e. The summed E-state index contributed by atoms with van der Waals surface area (Å²) >= 11 is 0. The number of aliphatic hydroxyl groups excluding tert-OH is 1. The molecule has 15 heavy (non-hydrogen) atoms. The monoisotopic (exact) mass is 211 g/mol. The van der Waals surface area contributed by atoms with E-state index in [0.29, 0.717) is 17.7 Å². The minimum atomic E-state index is -0.0269. The number of hydrogen-bond acceptors (Lipinski definition) is 3. The van der Waals surface area contributed by atoms with Gasteiger partial charge in [-0.15, -0.1) is 0 Å². The summed E-state index contributed by atoms with van der Waals surface area (Å²) in [5, 5.41) is 12.3. The van der Waals surface area contributed by atoms with E-state index >= 15 is 0 Å². The van der Waals surface area contributed by atoms with E-state index in [4.69, 9.17) is 9.52 Å². The van der Waals surface area contributed by atoms with Crippen molar-refractivity contribution in [3.05, 3.63) is 23.7 Å². The lowest BCUT2D eigenvalue weighted by Gasteiger charge is -2.19. The van der Waals surface area contributed by atoms with Crippen LogP contribution in [0.5, 0.6) is 0 Å². The van der Waals surface area contributed by atoms with Gasteiger partial charge in [-0.25, -0.2) is 0 Å². The first-order valence-corrected chi connectivity index (χ1v) is 5.59. The van der Waals surface area contributed by atoms with Crippen molar-refractivity contribution in [1.82, 2.24) is 5.32 Å². The minimum absolute atomic E-state index is 0.0269. The fourth-order valence-corrected chi connectivity index (χ4v) is 1.42. The van der Waals surface area contributed by atoms with Gasteiger partial charge in [-0.2, -0.15) is 0 Å². The summed E-state index contributed by atoms with van der Waals surface area (Å²) in [6, 6.07) is 4.20. The highest BCUT2D eigenvalue weighted by Gasteiger charge is 2.10. The van der Waals surface area contributed by atoms with Gasteiger partial charge in [0.15, 0.2) is 0 Å². The Balaban J connectivity index is 2.36. The Labute approximate surface area is 91.5 Å². The molecule has 0 bridgehead atoms. The third-order valence-corrected chi connectivity index (χ3v) is 2.97. The fraction of sp³-hybridized carbons (Fsp3) is 0.667. The van der Waals surface area contributed by atoms with Gasteiger partial charge in [0.05, 0.1) is 6.54 Å². The van der Waals surface area contributed by atoms with E-state index in [2.05, 4.69) is 26.1 Å². The first-order valence-electron chi connectivity index (χ1n) is 5.59. The molecule has 3 nitrogen and oxygen atoms in total. The molecule has 2 N–H and O–H groups in total. The molecule has 0 fully saturated rings. The van der Waals surface area contributed by atoms with Crippen molar-refractivity contribution < 1.29 is 9.52 Å². The van der Waals surface area contributed by atoms with Crippen LogP contribution in [-0.4, -0.2) is 11.1 Å². The van der Waals surface area contributed by atoms with Crippen molar-refractivity contribution in [2.24, 2.45) is 5.92 Å². The van der Waals surface area contributed by atoms with Crippen LogP contribution in [0.15, 0.2) is 16.5 Å². The standard InChI is InChI=1S/C12H21NO2/c1-4-9(2)10(3)13-7-11-5-6-12(8-14)15-11/h5-6,9-10,13-14H,4,7-8H2,1-3H3. The van der Waals surface area contributed by atoms with E-state index in [9.17, 15) is 0 Å². The molecule has 0 aliphatic heterocycles.